The van der Waals surface area contributed by atoms with Gasteiger partial charge >= 0.3 is 0 Å². The zero-order valence-corrected chi connectivity index (χ0v) is 18.5. The number of fused-ring (bicyclic) bond motifs is 3. The van der Waals surface area contributed by atoms with Crippen molar-refractivity contribution in [3.05, 3.63) is 35.4 Å². The summed E-state index contributed by atoms with van der Waals surface area (Å²) in [6, 6.07) is 10.6. The SMILES string of the molecule is CCC(CNC(=O)CC1CC2CCC(C1)N2)N1CCc2ccccc2C1.Cl.Cl. The number of carbonyl (C=O) groups is 1. The van der Waals surface area contributed by atoms with Gasteiger partial charge in [-0.15, -0.1) is 24.8 Å². The van der Waals surface area contributed by atoms with Gasteiger partial charge in [-0.25, -0.2) is 0 Å². The molecule has 2 fully saturated rings. The fourth-order valence-corrected chi connectivity index (χ4v) is 5.27. The molecule has 0 aromatic heterocycles. The summed E-state index contributed by atoms with van der Waals surface area (Å²) in [5, 5.41) is 6.92. The van der Waals surface area contributed by atoms with Crippen LogP contribution in [0.2, 0.25) is 0 Å². The Morgan fingerprint density at radius 2 is 1.86 bits per heavy atom. The molecule has 3 atom stereocenters. The van der Waals surface area contributed by atoms with E-state index in [1.54, 1.807) is 0 Å². The fraction of sp³-hybridized carbons (Fsp3) is 0.682. The number of rotatable bonds is 6. The largest absolute Gasteiger partial charge is 0.355 e. The first kappa shape index (κ1) is 23.5. The van der Waals surface area contributed by atoms with Crippen LogP contribution in [0.15, 0.2) is 24.3 Å². The lowest BCUT2D eigenvalue weighted by Crippen LogP contribution is -2.46. The van der Waals surface area contributed by atoms with E-state index < -0.39 is 0 Å². The van der Waals surface area contributed by atoms with Gasteiger partial charge in [0, 0.05) is 44.2 Å². The molecule has 1 amide bonds. The Bertz CT molecular complexity index is 630. The number of hydrogen-bond acceptors (Lipinski definition) is 3. The predicted molar refractivity (Wildman–Crippen MR) is 119 cm³/mol. The van der Waals surface area contributed by atoms with Crippen molar-refractivity contribution in [3.63, 3.8) is 0 Å². The van der Waals surface area contributed by atoms with Crippen molar-refractivity contribution < 1.29 is 4.79 Å². The highest BCUT2D eigenvalue weighted by Crippen LogP contribution is 2.32. The molecular weight excluding hydrogens is 393 g/mol. The minimum Gasteiger partial charge on any atom is -0.355 e. The summed E-state index contributed by atoms with van der Waals surface area (Å²) in [6.07, 6.45) is 7.90. The normalized spacial score (nSPS) is 27.1. The molecule has 4 rings (SSSR count). The summed E-state index contributed by atoms with van der Waals surface area (Å²) in [7, 11) is 0. The standard InChI is InChI=1S/C22H33N3O.2ClH/c1-2-21(25-10-9-17-5-3-4-6-18(17)15-25)14-23-22(26)13-16-11-19-7-8-20(12-16)24-19;;/h3-6,16,19-21,24H,2,7-15H2,1H3,(H,23,26);2*1H. The molecular formula is C22H35Cl2N3O. The number of nitrogens with one attached hydrogen (secondary N) is 2. The lowest BCUT2D eigenvalue weighted by atomic mass is 9.89. The molecule has 0 saturated carbocycles. The van der Waals surface area contributed by atoms with Gasteiger partial charge < -0.3 is 10.6 Å². The molecule has 2 bridgehead atoms. The van der Waals surface area contributed by atoms with E-state index in [9.17, 15) is 4.79 Å². The van der Waals surface area contributed by atoms with Gasteiger partial charge in [-0.05, 0) is 55.6 Å². The van der Waals surface area contributed by atoms with Crippen LogP contribution >= 0.6 is 24.8 Å². The molecule has 3 aliphatic rings. The molecule has 158 valence electrons. The van der Waals surface area contributed by atoms with E-state index in [0.717, 1.165) is 32.5 Å². The molecule has 3 unspecified atom stereocenters. The van der Waals surface area contributed by atoms with Gasteiger partial charge in [-0.3, -0.25) is 9.69 Å². The highest BCUT2D eigenvalue weighted by molar-refractivity contribution is 5.85. The maximum absolute atomic E-state index is 12.5. The molecule has 0 radical (unpaired) electrons. The maximum atomic E-state index is 12.5. The van der Waals surface area contributed by atoms with Gasteiger partial charge in [-0.1, -0.05) is 31.2 Å². The van der Waals surface area contributed by atoms with Gasteiger partial charge in [-0.2, -0.15) is 0 Å². The summed E-state index contributed by atoms with van der Waals surface area (Å²) in [5.41, 5.74) is 2.94. The zero-order chi connectivity index (χ0) is 17.9. The second-order valence-corrected chi connectivity index (χ2v) is 8.53. The van der Waals surface area contributed by atoms with Crippen LogP contribution in [0.4, 0.5) is 0 Å². The molecule has 1 aromatic rings. The number of amides is 1. The Morgan fingerprint density at radius 1 is 1.18 bits per heavy atom. The molecule has 3 aliphatic heterocycles. The van der Waals surface area contributed by atoms with E-state index in [1.807, 2.05) is 0 Å². The first-order valence-corrected chi connectivity index (χ1v) is 10.5. The van der Waals surface area contributed by atoms with Crippen molar-refractivity contribution in [1.29, 1.82) is 0 Å². The average Bonchev–Trinajstić information content (AvgIpc) is 3.00. The molecule has 4 nitrogen and oxygen atoms in total. The third-order valence-corrected chi connectivity index (χ3v) is 6.73. The van der Waals surface area contributed by atoms with Crippen molar-refractivity contribution in [2.24, 2.45) is 5.92 Å². The Hall–Kier alpha value is -0.810. The monoisotopic (exact) mass is 427 g/mol. The van der Waals surface area contributed by atoms with E-state index in [-0.39, 0.29) is 30.7 Å². The molecule has 0 aliphatic carbocycles. The number of halogens is 2. The summed E-state index contributed by atoms with van der Waals surface area (Å²) >= 11 is 0. The van der Waals surface area contributed by atoms with Gasteiger partial charge in [0.2, 0.25) is 5.91 Å². The first-order valence-electron chi connectivity index (χ1n) is 10.5. The lowest BCUT2D eigenvalue weighted by Gasteiger charge is -2.35. The Morgan fingerprint density at radius 3 is 2.54 bits per heavy atom. The Balaban J connectivity index is 0.00000140. The van der Waals surface area contributed by atoms with Crippen LogP contribution in [0.25, 0.3) is 0 Å². The van der Waals surface area contributed by atoms with Crippen molar-refractivity contribution >= 4 is 30.7 Å². The quantitative estimate of drug-likeness (QED) is 0.726. The van der Waals surface area contributed by atoms with Crippen LogP contribution < -0.4 is 10.6 Å². The number of nitrogens with zero attached hydrogens (tertiary/aromatic N) is 1. The van der Waals surface area contributed by atoms with Crippen molar-refractivity contribution in [2.75, 3.05) is 13.1 Å². The second kappa shape index (κ2) is 10.8. The highest BCUT2D eigenvalue weighted by atomic mass is 35.5. The number of benzene rings is 1. The Kier molecular flexibility index (Phi) is 9.07. The summed E-state index contributed by atoms with van der Waals surface area (Å²) in [5.74, 6) is 0.836. The van der Waals surface area contributed by atoms with Crippen LogP contribution in [0, 0.1) is 5.92 Å². The average molecular weight is 428 g/mol. The van der Waals surface area contributed by atoms with E-state index in [2.05, 4.69) is 46.7 Å². The summed E-state index contributed by atoms with van der Waals surface area (Å²) < 4.78 is 0. The van der Waals surface area contributed by atoms with Crippen molar-refractivity contribution in [2.45, 2.75) is 76.5 Å². The first-order chi connectivity index (χ1) is 12.7. The predicted octanol–water partition coefficient (Wildman–Crippen LogP) is 3.70. The van der Waals surface area contributed by atoms with Crippen LogP contribution in [0.1, 0.15) is 56.6 Å². The summed E-state index contributed by atoms with van der Waals surface area (Å²) in [4.78, 5) is 15.0. The lowest BCUT2D eigenvalue weighted by molar-refractivity contribution is -0.122. The minimum absolute atomic E-state index is 0. The van der Waals surface area contributed by atoms with E-state index >= 15 is 0 Å². The third-order valence-electron chi connectivity index (χ3n) is 6.73. The van der Waals surface area contributed by atoms with Gasteiger partial charge in [0.1, 0.15) is 0 Å². The van der Waals surface area contributed by atoms with Gasteiger partial charge in [0.05, 0.1) is 0 Å². The smallest absolute Gasteiger partial charge is 0.220 e. The zero-order valence-electron chi connectivity index (χ0n) is 16.9. The van der Waals surface area contributed by atoms with Crippen LogP contribution in [0.5, 0.6) is 0 Å². The number of hydrogen-bond donors (Lipinski definition) is 2. The molecule has 0 spiro atoms. The number of carbonyl (C=O) groups excluding carboxylic acids is 1. The molecule has 2 saturated heterocycles. The maximum Gasteiger partial charge on any atom is 0.220 e. The van der Waals surface area contributed by atoms with Crippen LogP contribution in [-0.4, -0.2) is 42.0 Å². The minimum atomic E-state index is 0. The van der Waals surface area contributed by atoms with Crippen LogP contribution in [-0.2, 0) is 17.8 Å². The van der Waals surface area contributed by atoms with Gasteiger partial charge in [0.15, 0.2) is 0 Å². The molecule has 6 heteroatoms. The van der Waals surface area contributed by atoms with Crippen LogP contribution in [0.3, 0.4) is 0 Å². The highest BCUT2D eigenvalue weighted by Gasteiger charge is 2.34. The van der Waals surface area contributed by atoms with E-state index in [1.165, 1.54) is 36.8 Å². The topological polar surface area (TPSA) is 44.4 Å². The van der Waals surface area contributed by atoms with Crippen molar-refractivity contribution in [1.82, 2.24) is 15.5 Å². The third kappa shape index (κ3) is 5.63. The van der Waals surface area contributed by atoms with Gasteiger partial charge in [0.25, 0.3) is 0 Å². The fourth-order valence-electron chi connectivity index (χ4n) is 5.27. The van der Waals surface area contributed by atoms with E-state index in [4.69, 9.17) is 0 Å². The second-order valence-electron chi connectivity index (χ2n) is 8.53. The van der Waals surface area contributed by atoms with Crippen molar-refractivity contribution in [3.8, 4) is 0 Å². The molecule has 3 heterocycles. The molecule has 28 heavy (non-hydrogen) atoms. The molecule has 2 N–H and O–H groups in total. The van der Waals surface area contributed by atoms with E-state index in [0.29, 0.717) is 30.5 Å². The number of piperidine rings is 1. The summed E-state index contributed by atoms with van der Waals surface area (Å²) in [6.45, 7) is 5.14. The molecule has 1 aromatic carbocycles. The Labute approximate surface area is 182 Å².